The van der Waals surface area contributed by atoms with Gasteiger partial charge >= 0.3 is 6.03 Å². The zero-order valence-corrected chi connectivity index (χ0v) is 15.3. The van der Waals surface area contributed by atoms with Crippen molar-refractivity contribution >= 4 is 23.0 Å². The Morgan fingerprint density at radius 3 is 2.75 bits per heavy atom. The number of carbonyl (C=O) groups is 1. The number of fused-ring (bicyclic) bond motifs is 1. The molecular formula is C20H19N7O. The van der Waals surface area contributed by atoms with Gasteiger partial charge in [0.15, 0.2) is 5.65 Å². The Hall–Kier alpha value is -3.81. The van der Waals surface area contributed by atoms with Crippen LogP contribution >= 0.6 is 0 Å². The first-order chi connectivity index (χ1) is 13.7. The molecule has 3 aromatic heterocycles. The van der Waals surface area contributed by atoms with E-state index in [1.54, 1.807) is 24.5 Å². The van der Waals surface area contributed by atoms with Gasteiger partial charge in [-0.15, -0.1) is 0 Å². The average Bonchev–Trinajstić information content (AvgIpc) is 3.17. The summed E-state index contributed by atoms with van der Waals surface area (Å²) >= 11 is 0. The zero-order chi connectivity index (χ0) is 19.3. The summed E-state index contributed by atoms with van der Waals surface area (Å²) in [6.07, 6.45) is 5.39. The Morgan fingerprint density at radius 1 is 1.07 bits per heavy atom. The zero-order valence-electron chi connectivity index (χ0n) is 15.3. The number of amides is 2. The molecule has 0 radical (unpaired) electrons. The summed E-state index contributed by atoms with van der Waals surface area (Å²) in [6.45, 7) is 3.07. The van der Waals surface area contributed by atoms with Gasteiger partial charge in [-0.1, -0.05) is 30.3 Å². The van der Waals surface area contributed by atoms with Gasteiger partial charge in [-0.05, 0) is 24.6 Å². The molecule has 4 aromatic rings. The van der Waals surface area contributed by atoms with Gasteiger partial charge < -0.3 is 5.32 Å². The molecule has 28 heavy (non-hydrogen) atoms. The van der Waals surface area contributed by atoms with Crippen LogP contribution in [0.3, 0.4) is 0 Å². The van der Waals surface area contributed by atoms with Crippen molar-refractivity contribution < 1.29 is 4.79 Å². The van der Waals surface area contributed by atoms with Gasteiger partial charge in [0.1, 0.15) is 11.3 Å². The molecule has 4 rings (SSSR count). The molecule has 0 aliphatic heterocycles. The van der Waals surface area contributed by atoms with Gasteiger partial charge in [-0.3, -0.25) is 15.0 Å². The van der Waals surface area contributed by atoms with Crippen LogP contribution in [0.5, 0.6) is 0 Å². The second-order valence-electron chi connectivity index (χ2n) is 6.19. The minimum Gasteiger partial charge on any atom is -0.338 e. The van der Waals surface area contributed by atoms with Crippen LogP contribution in [0.15, 0.2) is 61.1 Å². The first-order valence-electron chi connectivity index (χ1n) is 8.96. The van der Waals surface area contributed by atoms with Gasteiger partial charge in [-0.25, -0.2) is 14.8 Å². The van der Waals surface area contributed by atoms with Crippen molar-refractivity contribution in [2.24, 2.45) is 0 Å². The van der Waals surface area contributed by atoms with Crippen molar-refractivity contribution in [3.05, 3.63) is 66.6 Å². The monoisotopic (exact) mass is 373 g/mol. The summed E-state index contributed by atoms with van der Waals surface area (Å²) in [5, 5.41) is 9.75. The van der Waals surface area contributed by atoms with E-state index >= 15 is 0 Å². The van der Waals surface area contributed by atoms with Crippen LogP contribution in [0.1, 0.15) is 12.5 Å². The predicted molar refractivity (Wildman–Crippen MR) is 107 cm³/mol. The fourth-order valence-corrected chi connectivity index (χ4v) is 2.78. The molecule has 3 heterocycles. The molecule has 0 fully saturated rings. The van der Waals surface area contributed by atoms with Crippen molar-refractivity contribution in [2.45, 2.75) is 13.5 Å². The first kappa shape index (κ1) is 17.6. The largest absolute Gasteiger partial charge is 0.338 e. The molecule has 0 aliphatic rings. The Bertz CT molecular complexity index is 1110. The molecule has 2 amide bonds. The number of hydrogen-bond acceptors (Lipinski definition) is 5. The van der Waals surface area contributed by atoms with Crippen LogP contribution < -0.4 is 10.6 Å². The van der Waals surface area contributed by atoms with Gasteiger partial charge in [0.05, 0.1) is 24.6 Å². The number of urea groups is 1. The fourth-order valence-electron chi connectivity index (χ4n) is 2.78. The Labute approximate surface area is 161 Å². The van der Waals surface area contributed by atoms with Crippen LogP contribution in [0, 0.1) is 0 Å². The molecule has 0 saturated carbocycles. The van der Waals surface area contributed by atoms with E-state index in [1.165, 1.54) is 5.56 Å². The van der Waals surface area contributed by atoms with Gasteiger partial charge in [0, 0.05) is 18.3 Å². The lowest BCUT2D eigenvalue weighted by Gasteiger charge is -2.06. The number of aromatic nitrogens is 5. The maximum Gasteiger partial charge on any atom is 0.320 e. The lowest BCUT2D eigenvalue weighted by atomic mass is 10.2. The van der Waals surface area contributed by atoms with Crippen LogP contribution in [0.25, 0.3) is 22.4 Å². The highest BCUT2D eigenvalue weighted by molar-refractivity contribution is 5.89. The maximum atomic E-state index is 11.7. The number of benzene rings is 1. The minimum absolute atomic E-state index is 0.305. The quantitative estimate of drug-likeness (QED) is 0.560. The van der Waals surface area contributed by atoms with Crippen LogP contribution in [-0.2, 0) is 6.54 Å². The van der Waals surface area contributed by atoms with Crippen LogP contribution in [-0.4, -0.2) is 37.3 Å². The predicted octanol–water partition coefficient (Wildman–Crippen LogP) is 3.08. The Morgan fingerprint density at radius 2 is 1.93 bits per heavy atom. The minimum atomic E-state index is -0.305. The van der Waals surface area contributed by atoms with Crippen molar-refractivity contribution in [1.29, 1.82) is 0 Å². The number of nitrogens with one attached hydrogen (secondary N) is 2. The second kappa shape index (κ2) is 7.83. The van der Waals surface area contributed by atoms with Crippen LogP contribution in [0.4, 0.5) is 10.6 Å². The molecular weight excluding hydrogens is 354 g/mol. The summed E-state index contributed by atoms with van der Waals surface area (Å²) in [7, 11) is 0. The van der Waals surface area contributed by atoms with Crippen molar-refractivity contribution in [3.63, 3.8) is 0 Å². The maximum absolute atomic E-state index is 11.7. The molecule has 2 N–H and O–H groups in total. The number of carbonyl (C=O) groups excluding carboxylic acids is 1. The number of nitrogens with zero attached hydrogens (tertiary/aromatic N) is 5. The summed E-state index contributed by atoms with van der Waals surface area (Å²) in [6, 6.07) is 13.3. The number of hydrogen-bond donors (Lipinski definition) is 2. The number of rotatable bonds is 5. The van der Waals surface area contributed by atoms with Crippen molar-refractivity contribution in [3.8, 4) is 11.3 Å². The molecule has 8 heteroatoms. The van der Waals surface area contributed by atoms with E-state index in [1.807, 2.05) is 36.0 Å². The first-order valence-corrected chi connectivity index (χ1v) is 8.96. The molecule has 0 spiro atoms. The molecule has 0 saturated heterocycles. The highest BCUT2D eigenvalue weighted by Gasteiger charge is 2.09. The Kier molecular flexibility index (Phi) is 4.92. The van der Waals surface area contributed by atoms with E-state index in [-0.39, 0.29) is 6.03 Å². The van der Waals surface area contributed by atoms with Gasteiger partial charge in [0.25, 0.3) is 0 Å². The van der Waals surface area contributed by atoms with E-state index in [0.717, 1.165) is 5.56 Å². The summed E-state index contributed by atoms with van der Waals surface area (Å²) in [5.74, 6) is 0.421. The Balaban J connectivity index is 1.57. The SMILES string of the molecule is CCNC(=O)Nc1ccc2ncc(-c3cnn(Cc4ccccc4)c3)nc2n1. The standard InChI is InChI=1S/C20H19N7O/c1-2-21-20(28)26-18-9-8-16-19(25-18)24-17(11-22-16)15-10-23-27(13-15)12-14-6-4-3-5-7-14/h3-11,13H,2,12H2,1H3,(H2,21,24,25,26,28). The molecule has 8 nitrogen and oxygen atoms in total. The number of pyridine rings is 1. The normalized spacial score (nSPS) is 10.8. The van der Waals surface area contributed by atoms with E-state index < -0.39 is 0 Å². The lowest BCUT2D eigenvalue weighted by Crippen LogP contribution is -2.28. The van der Waals surface area contributed by atoms with E-state index in [2.05, 4.69) is 42.8 Å². The molecule has 0 bridgehead atoms. The third-order valence-corrected chi connectivity index (χ3v) is 4.10. The number of anilines is 1. The molecule has 0 unspecified atom stereocenters. The third kappa shape index (κ3) is 3.96. The van der Waals surface area contributed by atoms with Crippen LogP contribution in [0.2, 0.25) is 0 Å². The molecule has 1 aromatic carbocycles. The van der Waals surface area contributed by atoms with E-state index in [0.29, 0.717) is 35.8 Å². The van der Waals surface area contributed by atoms with Gasteiger partial charge in [0.2, 0.25) is 0 Å². The third-order valence-electron chi connectivity index (χ3n) is 4.10. The fraction of sp³-hybridized carbons (Fsp3) is 0.150. The molecule has 140 valence electrons. The average molecular weight is 373 g/mol. The van der Waals surface area contributed by atoms with E-state index in [9.17, 15) is 4.79 Å². The lowest BCUT2D eigenvalue weighted by molar-refractivity contribution is 0.252. The van der Waals surface area contributed by atoms with Gasteiger partial charge in [-0.2, -0.15) is 5.10 Å². The van der Waals surface area contributed by atoms with Crippen molar-refractivity contribution in [2.75, 3.05) is 11.9 Å². The highest BCUT2D eigenvalue weighted by atomic mass is 16.2. The summed E-state index contributed by atoms with van der Waals surface area (Å²) in [4.78, 5) is 25.1. The molecule has 0 atom stereocenters. The molecule has 0 aliphatic carbocycles. The summed E-state index contributed by atoms with van der Waals surface area (Å²) in [5.41, 5.74) is 3.82. The summed E-state index contributed by atoms with van der Waals surface area (Å²) < 4.78 is 1.86. The highest BCUT2D eigenvalue weighted by Crippen LogP contribution is 2.19. The topological polar surface area (TPSA) is 97.6 Å². The van der Waals surface area contributed by atoms with E-state index in [4.69, 9.17) is 0 Å². The second-order valence-corrected chi connectivity index (χ2v) is 6.19. The smallest absolute Gasteiger partial charge is 0.320 e. The van der Waals surface area contributed by atoms with Crippen molar-refractivity contribution in [1.82, 2.24) is 30.0 Å².